The van der Waals surface area contributed by atoms with Gasteiger partial charge in [0.2, 0.25) is 0 Å². The fraction of sp³-hybridized carbons (Fsp3) is 0.333. The third kappa shape index (κ3) is 3.57. The maximum atomic E-state index is 13.3. The number of benzene rings is 2. The zero-order chi connectivity index (χ0) is 18.2. The Balaban J connectivity index is 2.12. The highest BCUT2D eigenvalue weighted by Gasteiger charge is 2.39. The summed E-state index contributed by atoms with van der Waals surface area (Å²) in [6.07, 6.45) is 0.307. The van der Waals surface area contributed by atoms with Crippen LogP contribution < -0.4 is 4.31 Å². The van der Waals surface area contributed by atoms with Crippen LogP contribution in [0.1, 0.15) is 17.5 Å². The van der Waals surface area contributed by atoms with Crippen LogP contribution >= 0.6 is 0 Å². The summed E-state index contributed by atoms with van der Waals surface area (Å²) < 4.78 is 51.8. The Kier molecular flexibility index (Phi) is 4.64. The molecule has 0 saturated carbocycles. The van der Waals surface area contributed by atoms with Gasteiger partial charge in [-0.25, -0.2) is 16.8 Å². The molecule has 1 atom stereocenters. The Morgan fingerprint density at radius 2 is 1.68 bits per heavy atom. The number of para-hydroxylation sites is 1. The quantitative estimate of drug-likeness (QED) is 0.819. The summed E-state index contributed by atoms with van der Waals surface area (Å²) in [5, 5.41) is 0. The van der Waals surface area contributed by atoms with Gasteiger partial charge in [-0.15, -0.1) is 0 Å². The zero-order valence-electron chi connectivity index (χ0n) is 14.2. The Labute approximate surface area is 149 Å². The molecule has 0 aliphatic carbocycles. The fourth-order valence-corrected chi connectivity index (χ4v) is 6.63. The number of hydrogen-bond acceptors (Lipinski definition) is 4. The Morgan fingerprint density at radius 1 is 1.00 bits per heavy atom. The largest absolute Gasteiger partial charge is 0.264 e. The maximum Gasteiger partial charge on any atom is 0.264 e. The van der Waals surface area contributed by atoms with E-state index in [0.29, 0.717) is 12.1 Å². The summed E-state index contributed by atoms with van der Waals surface area (Å²) in [5.74, 6) is -0.130. The molecule has 7 heteroatoms. The van der Waals surface area contributed by atoms with Crippen molar-refractivity contribution in [1.82, 2.24) is 0 Å². The smallest absolute Gasteiger partial charge is 0.262 e. The molecule has 0 N–H and O–H groups in total. The minimum absolute atomic E-state index is 0.0173. The van der Waals surface area contributed by atoms with Crippen molar-refractivity contribution in [1.29, 1.82) is 0 Å². The molecular weight excluding hydrogens is 358 g/mol. The van der Waals surface area contributed by atoms with Crippen LogP contribution in [-0.4, -0.2) is 34.4 Å². The van der Waals surface area contributed by atoms with Crippen molar-refractivity contribution < 1.29 is 16.8 Å². The van der Waals surface area contributed by atoms with Crippen molar-refractivity contribution >= 4 is 25.5 Å². The lowest BCUT2D eigenvalue weighted by atomic mass is 10.1. The Bertz CT molecular complexity index is 983. The SMILES string of the molecule is Cc1ccc(S(=O)(=O)N(c2ccccc2)[C@@H]2CCS(=O)(=O)C2)cc1C. The van der Waals surface area contributed by atoms with Crippen LogP contribution in [0.25, 0.3) is 0 Å². The molecule has 0 bridgehead atoms. The van der Waals surface area contributed by atoms with E-state index in [1.54, 1.807) is 48.5 Å². The van der Waals surface area contributed by atoms with E-state index in [1.165, 1.54) is 4.31 Å². The third-order valence-electron chi connectivity index (χ3n) is 4.59. The molecular formula is C18H21NO4S2. The van der Waals surface area contributed by atoms with Gasteiger partial charge >= 0.3 is 0 Å². The molecule has 0 aromatic heterocycles. The van der Waals surface area contributed by atoms with Crippen LogP contribution in [0.4, 0.5) is 5.69 Å². The molecule has 0 amide bonds. The standard InChI is InChI=1S/C18H21NO4S2/c1-14-8-9-18(12-15(14)2)25(22,23)19(16-6-4-3-5-7-16)17-10-11-24(20,21)13-17/h3-9,12,17H,10-11,13H2,1-2H3/t17-/m1/s1. The van der Waals surface area contributed by atoms with Crippen molar-refractivity contribution in [3.8, 4) is 0 Å². The van der Waals surface area contributed by atoms with Gasteiger partial charge in [0.1, 0.15) is 0 Å². The van der Waals surface area contributed by atoms with Gasteiger partial charge in [0.05, 0.1) is 28.1 Å². The number of aryl methyl sites for hydroxylation is 2. The number of hydrogen-bond donors (Lipinski definition) is 0. The van der Waals surface area contributed by atoms with E-state index >= 15 is 0 Å². The minimum Gasteiger partial charge on any atom is -0.262 e. The summed E-state index contributed by atoms with van der Waals surface area (Å²) >= 11 is 0. The molecule has 2 aromatic carbocycles. The van der Waals surface area contributed by atoms with Crippen molar-refractivity contribution in [2.24, 2.45) is 0 Å². The number of anilines is 1. The van der Waals surface area contributed by atoms with Gasteiger partial charge in [0.25, 0.3) is 10.0 Å². The summed E-state index contributed by atoms with van der Waals surface area (Å²) in [6, 6.07) is 13.1. The van der Waals surface area contributed by atoms with E-state index in [4.69, 9.17) is 0 Å². The highest BCUT2D eigenvalue weighted by molar-refractivity contribution is 7.93. The van der Waals surface area contributed by atoms with Crippen molar-refractivity contribution in [2.45, 2.75) is 31.2 Å². The van der Waals surface area contributed by atoms with E-state index in [9.17, 15) is 16.8 Å². The van der Waals surface area contributed by atoms with E-state index in [0.717, 1.165) is 11.1 Å². The molecule has 1 fully saturated rings. The highest BCUT2D eigenvalue weighted by Crippen LogP contribution is 2.31. The van der Waals surface area contributed by atoms with Crippen molar-refractivity contribution in [3.05, 3.63) is 59.7 Å². The Morgan fingerprint density at radius 3 is 2.24 bits per heavy atom. The predicted molar refractivity (Wildman–Crippen MR) is 99.1 cm³/mol. The van der Waals surface area contributed by atoms with Crippen LogP contribution in [0.2, 0.25) is 0 Å². The van der Waals surface area contributed by atoms with Crippen LogP contribution in [0.5, 0.6) is 0 Å². The first-order valence-corrected chi connectivity index (χ1v) is 11.3. The number of sulfone groups is 1. The maximum absolute atomic E-state index is 13.3. The topological polar surface area (TPSA) is 71.5 Å². The average Bonchev–Trinajstić information content (AvgIpc) is 2.90. The molecule has 0 unspecified atom stereocenters. The van der Waals surface area contributed by atoms with E-state index < -0.39 is 25.9 Å². The van der Waals surface area contributed by atoms with Gasteiger partial charge in [-0.05, 0) is 55.7 Å². The molecule has 1 aliphatic rings. The fourth-order valence-electron chi connectivity index (χ4n) is 3.07. The molecule has 2 aromatic rings. The van der Waals surface area contributed by atoms with Gasteiger partial charge in [0, 0.05) is 0 Å². The first-order chi connectivity index (χ1) is 11.7. The molecule has 1 saturated heterocycles. The summed E-state index contributed by atoms with van der Waals surface area (Å²) in [7, 11) is -7.07. The molecule has 134 valence electrons. The molecule has 1 heterocycles. The van der Waals surface area contributed by atoms with E-state index in [1.807, 2.05) is 13.8 Å². The van der Waals surface area contributed by atoms with Crippen molar-refractivity contribution in [3.63, 3.8) is 0 Å². The molecule has 1 aliphatic heterocycles. The Hall–Kier alpha value is -1.86. The lowest BCUT2D eigenvalue weighted by Crippen LogP contribution is -2.41. The van der Waals surface area contributed by atoms with Crippen LogP contribution in [0.15, 0.2) is 53.4 Å². The highest BCUT2D eigenvalue weighted by atomic mass is 32.2. The summed E-state index contributed by atoms with van der Waals surface area (Å²) in [5.41, 5.74) is 2.38. The van der Waals surface area contributed by atoms with E-state index in [-0.39, 0.29) is 16.4 Å². The first kappa shape index (κ1) is 17.9. The lowest BCUT2D eigenvalue weighted by Gasteiger charge is -2.29. The summed E-state index contributed by atoms with van der Waals surface area (Å²) in [4.78, 5) is 0.184. The molecule has 5 nitrogen and oxygen atoms in total. The van der Waals surface area contributed by atoms with Gasteiger partial charge < -0.3 is 0 Å². The normalized spacial score (nSPS) is 19.7. The van der Waals surface area contributed by atoms with Crippen LogP contribution in [0, 0.1) is 13.8 Å². The van der Waals surface area contributed by atoms with Gasteiger partial charge in [-0.3, -0.25) is 4.31 Å². The lowest BCUT2D eigenvalue weighted by molar-refractivity contribution is 0.580. The van der Waals surface area contributed by atoms with Gasteiger partial charge in [-0.2, -0.15) is 0 Å². The van der Waals surface area contributed by atoms with Crippen molar-refractivity contribution in [2.75, 3.05) is 15.8 Å². The number of rotatable bonds is 4. The predicted octanol–water partition coefficient (Wildman–Crippen LogP) is 2.69. The second-order valence-electron chi connectivity index (χ2n) is 6.44. The summed E-state index contributed by atoms with van der Waals surface area (Å²) in [6.45, 7) is 3.78. The zero-order valence-corrected chi connectivity index (χ0v) is 15.8. The van der Waals surface area contributed by atoms with Gasteiger partial charge in [-0.1, -0.05) is 24.3 Å². The first-order valence-electron chi connectivity index (χ1n) is 8.08. The second-order valence-corrected chi connectivity index (χ2v) is 10.5. The molecule has 3 rings (SSSR count). The van der Waals surface area contributed by atoms with E-state index in [2.05, 4.69) is 0 Å². The second kappa shape index (κ2) is 6.46. The number of sulfonamides is 1. The minimum atomic E-state index is -3.86. The van der Waals surface area contributed by atoms with Gasteiger partial charge in [0.15, 0.2) is 9.84 Å². The molecule has 0 spiro atoms. The average molecular weight is 380 g/mol. The number of nitrogens with zero attached hydrogens (tertiary/aromatic N) is 1. The molecule has 25 heavy (non-hydrogen) atoms. The van der Waals surface area contributed by atoms with Crippen LogP contribution in [0.3, 0.4) is 0 Å². The molecule has 0 radical (unpaired) electrons. The van der Waals surface area contributed by atoms with Crippen LogP contribution in [-0.2, 0) is 19.9 Å². The third-order valence-corrected chi connectivity index (χ3v) is 8.21. The monoisotopic (exact) mass is 379 g/mol.